The first-order valence-electron chi connectivity index (χ1n) is 6.22. The van der Waals surface area contributed by atoms with Crippen LogP contribution in [-0.4, -0.2) is 25.2 Å². The SMILES string of the molecule is COc1ccc(N(C)c2ccc(/C(N)=N/O)c(Br)c2)cc1. The molecule has 2 aromatic rings. The van der Waals surface area contributed by atoms with Gasteiger partial charge in [-0.3, -0.25) is 0 Å². The predicted octanol–water partition coefficient (Wildman–Crippen LogP) is 3.32. The van der Waals surface area contributed by atoms with Crippen LogP contribution in [0.4, 0.5) is 11.4 Å². The first-order valence-corrected chi connectivity index (χ1v) is 7.01. The van der Waals surface area contributed by atoms with E-state index in [0.29, 0.717) is 5.56 Å². The van der Waals surface area contributed by atoms with Gasteiger partial charge in [0, 0.05) is 28.5 Å². The Balaban J connectivity index is 2.30. The lowest BCUT2D eigenvalue weighted by molar-refractivity contribution is 0.318. The number of benzene rings is 2. The topological polar surface area (TPSA) is 71.1 Å². The minimum atomic E-state index is 0.0699. The zero-order chi connectivity index (χ0) is 15.4. The van der Waals surface area contributed by atoms with E-state index in [0.717, 1.165) is 21.6 Å². The molecule has 0 spiro atoms. The summed E-state index contributed by atoms with van der Waals surface area (Å²) in [5, 5.41) is 11.7. The summed E-state index contributed by atoms with van der Waals surface area (Å²) in [6.45, 7) is 0. The number of nitrogens with two attached hydrogens (primary N) is 1. The maximum absolute atomic E-state index is 8.74. The number of nitrogens with zero attached hydrogens (tertiary/aromatic N) is 2. The average molecular weight is 350 g/mol. The Labute approximate surface area is 131 Å². The molecule has 21 heavy (non-hydrogen) atoms. The van der Waals surface area contributed by atoms with Crippen LogP contribution in [-0.2, 0) is 0 Å². The van der Waals surface area contributed by atoms with Crippen molar-refractivity contribution in [1.82, 2.24) is 0 Å². The Morgan fingerprint density at radius 2 is 1.81 bits per heavy atom. The Hall–Kier alpha value is -2.21. The molecule has 3 N–H and O–H groups in total. The average Bonchev–Trinajstić information content (AvgIpc) is 2.53. The van der Waals surface area contributed by atoms with Crippen molar-refractivity contribution in [3.8, 4) is 5.75 Å². The van der Waals surface area contributed by atoms with Crippen molar-refractivity contribution in [2.45, 2.75) is 0 Å². The summed E-state index contributed by atoms with van der Waals surface area (Å²) >= 11 is 3.43. The van der Waals surface area contributed by atoms with Gasteiger partial charge in [-0.15, -0.1) is 0 Å². The minimum Gasteiger partial charge on any atom is -0.497 e. The zero-order valence-electron chi connectivity index (χ0n) is 11.7. The smallest absolute Gasteiger partial charge is 0.171 e. The molecule has 0 amide bonds. The third kappa shape index (κ3) is 3.28. The molecule has 2 aromatic carbocycles. The molecule has 0 heterocycles. The fourth-order valence-electron chi connectivity index (χ4n) is 1.93. The van der Waals surface area contributed by atoms with Crippen LogP contribution in [0.3, 0.4) is 0 Å². The van der Waals surface area contributed by atoms with Crippen LogP contribution in [0.15, 0.2) is 52.1 Å². The van der Waals surface area contributed by atoms with Gasteiger partial charge in [-0.2, -0.15) is 0 Å². The summed E-state index contributed by atoms with van der Waals surface area (Å²) in [4.78, 5) is 2.03. The van der Waals surface area contributed by atoms with Gasteiger partial charge in [0.25, 0.3) is 0 Å². The lowest BCUT2D eigenvalue weighted by Crippen LogP contribution is -2.15. The van der Waals surface area contributed by atoms with Crippen molar-refractivity contribution in [3.05, 3.63) is 52.5 Å². The van der Waals surface area contributed by atoms with E-state index >= 15 is 0 Å². The fourth-order valence-corrected chi connectivity index (χ4v) is 2.50. The second-order valence-electron chi connectivity index (χ2n) is 4.41. The van der Waals surface area contributed by atoms with Gasteiger partial charge < -0.3 is 20.6 Å². The molecule has 6 heteroatoms. The summed E-state index contributed by atoms with van der Waals surface area (Å²) in [5.41, 5.74) is 8.25. The highest BCUT2D eigenvalue weighted by atomic mass is 79.9. The Morgan fingerprint density at radius 1 is 1.19 bits per heavy atom. The van der Waals surface area contributed by atoms with Gasteiger partial charge in [0.1, 0.15) is 5.75 Å². The van der Waals surface area contributed by atoms with E-state index in [1.165, 1.54) is 0 Å². The molecular formula is C15H16BrN3O2. The molecule has 5 nitrogen and oxygen atoms in total. The van der Waals surface area contributed by atoms with Crippen molar-refractivity contribution < 1.29 is 9.94 Å². The zero-order valence-corrected chi connectivity index (χ0v) is 13.3. The van der Waals surface area contributed by atoms with Gasteiger partial charge in [0.15, 0.2) is 5.84 Å². The maximum Gasteiger partial charge on any atom is 0.171 e. The van der Waals surface area contributed by atoms with Crippen LogP contribution < -0.4 is 15.4 Å². The molecule has 0 atom stereocenters. The van der Waals surface area contributed by atoms with Gasteiger partial charge in [0.05, 0.1) is 7.11 Å². The largest absolute Gasteiger partial charge is 0.497 e. The van der Waals surface area contributed by atoms with Crippen molar-refractivity contribution >= 4 is 33.1 Å². The van der Waals surface area contributed by atoms with Crippen LogP contribution >= 0.6 is 15.9 Å². The number of rotatable bonds is 4. The first-order chi connectivity index (χ1) is 10.1. The molecule has 0 bridgehead atoms. The molecule has 0 saturated heterocycles. The van der Waals surface area contributed by atoms with Crippen molar-refractivity contribution in [3.63, 3.8) is 0 Å². The minimum absolute atomic E-state index is 0.0699. The van der Waals surface area contributed by atoms with E-state index in [2.05, 4.69) is 21.1 Å². The second kappa shape index (κ2) is 6.49. The molecule has 0 saturated carbocycles. The molecular weight excluding hydrogens is 334 g/mol. The van der Waals surface area contributed by atoms with E-state index in [1.54, 1.807) is 13.2 Å². The highest BCUT2D eigenvalue weighted by Crippen LogP contribution is 2.29. The Kier molecular flexibility index (Phi) is 4.70. The van der Waals surface area contributed by atoms with Gasteiger partial charge >= 0.3 is 0 Å². The van der Waals surface area contributed by atoms with Crippen molar-refractivity contribution in [2.75, 3.05) is 19.1 Å². The van der Waals surface area contributed by atoms with Crippen LogP contribution in [0.5, 0.6) is 5.75 Å². The maximum atomic E-state index is 8.74. The van der Waals surface area contributed by atoms with E-state index in [1.807, 2.05) is 48.3 Å². The van der Waals surface area contributed by atoms with Gasteiger partial charge in [0.2, 0.25) is 0 Å². The lowest BCUT2D eigenvalue weighted by atomic mass is 10.1. The fraction of sp³-hybridized carbons (Fsp3) is 0.133. The number of amidine groups is 1. The van der Waals surface area contributed by atoms with E-state index in [9.17, 15) is 0 Å². The molecule has 2 rings (SSSR count). The molecule has 0 fully saturated rings. The summed E-state index contributed by atoms with van der Waals surface area (Å²) in [5.74, 6) is 0.885. The molecule has 0 radical (unpaired) electrons. The van der Waals surface area contributed by atoms with Crippen LogP contribution in [0.2, 0.25) is 0 Å². The van der Waals surface area contributed by atoms with Crippen molar-refractivity contribution in [1.29, 1.82) is 0 Å². The third-order valence-corrected chi connectivity index (χ3v) is 3.84. The molecule has 0 aromatic heterocycles. The number of oxime groups is 1. The summed E-state index contributed by atoms with van der Waals surface area (Å²) < 4.78 is 5.91. The quantitative estimate of drug-likeness (QED) is 0.384. The molecule has 110 valence electrons. The summed E-state index contributed by atoms with van der Waals surface area (Å²) in [6.07, 6.45) is 0. The number of hydrogen-bond acceptors (Lipinski definition) is 4. The van der Waals surface area contributed by atoms with Gasteiger partial charge in [-0.1, -0.05) is 5.16 Å². The number of halogens is 1. The number of hydrogen-bond donors (Lipinski definition) is 2. The summed E-state index contributed by atoms with van der Waals surface area (Å²) in [7, 11) is 3.61. The normalized spacial score (nSPS) is 11.3. The monoisotopic (exact) mass is 349 g/mol. The van der Waals surface area contributed by atoms with Gasteiger partial charge in [-0.25, -0.2) is 0 Å². The first kappa shape index (κ1) is 15.2. The number of ether oxygens (including phenoxy) is 1. The molecule has 0 aliphatic rings. The second-order valence-corrected chi connectivity index (χ2v) is 5.26. The van der Waals surface area contributed by atoms with E-state index in [-0.39, 0.29) is 5.84 Å². The molecule has 0 aliphatic heterocycles. The predicted molar refractivity (Wildman–Crippen MR) is 87.7 cm³/mol. The standard InChI is InChI=1S/C15H16BrN3O2/c1-19(10-3-6-12(21-2)7-4-10)11-5-8-13(14(16)9-11)15(17)18-20/h3-9,20H,1-2H3,(H2,17,18). The number of methoxy groups -OCH3 is 1. The van der Waals surface area contributed by atoms with Crippen LogP contribution in [0, 0.1) is 0 Å². The number of anilines is 2. The van der Waals surface area contributed by atoms with Crippen LogP contribution in [0.25, 0.3) is 0 Å². The van der Waals surface area contributed by atoms with Crippen molar-refractivity contribution in [2.24, 2.45) is 10.9 Å². The molecule has 0 aliphatic carbocycles. The van der Waals surface area contributed by atoms with E-state index < -0.39 is 0 Å². The van der Waals surface area contributed by atoms with Gasteiger partial charge in [-0.05, 0) is 58.4 Å². The van der Waals surface area contributed by atoms with E-state index in [4.69, 9.17) is 15.7 Å². The highest BCUT2D eigenvalue weighted by molar-refractivity contribution is 9.10. The Morgan fingerprint density at radius 3 is 2.33 bits per heavy atom. The third-order valence-electron chi connectivity index (χ3n) is 3.18. The summed E-state index contributed by atoms with van der Waals surface area (Å²) in [6, 6.07) is 13.4. The lowest BCUT2D eigenvalue weighted by Gasteiger charge is -2.20. The highest BCUT2D eigenvalue weighted by Gasteiger charge is 2.09. The molecule has 0 unspecified atom stereocenters. The Bertz CT molecular complexity index is 656. The van der Waals surface area contributed by atoms with Crippen LogP contribution in [0.1, 0.15) is 5.56 Å².